The van der Waals surface area contributed by atoms with Crippen LogP contribution in [-0.4, -0.2) is 44.0 Å². The second-order valence-electron chi connectivity index (χ2n) is 5.58. The lowest BCUT2D eigenvalue weighted by molar-refractivity contribution is -0.0185. The van der Waals surface area contributed by atoms with Crippen LogP contribution in [-0.2, 0) is 11.8 Å². The van der Waals surface area contributed by atoms with Gasteiger partial charge in [0, 0.05) is 13.2 Å². The highest BCUT2D eigenvalue weighted by atomic mass is 16.5. The first-order valence-electron chi connectivity index (χ1n) is 7.34. The minimum absolute atomic E-state index is 0.0476. The molecule has 1 N–H and O–H groups in total. The Bertz CT molecular complexity index is 838. The standard InChI is InChI=1S/C15H18N4O3/c1-18-6-5-10-13(18)12-14(16-8-17-15(12)21-2)19(10)11-4-3-9(7-20)22-11/h5-6,8-9,11,20H,3-4,7H2,1-2H3. The molecule has 7 nitrogen and oxygen atoms in total. The summed E-state index contributed by atoms with van der Waals surface area (Å²) >= 11 is 0. The third kappa shape index (κ3) is 1.75. The number of methoxy groups -OCH3 is 1. The average molecular weight is 302 g/mol. The molecule has 1 saturated heterocycles. The van der Waals surface area contributed by atoms with Gasteiger partial charge in [0.05, 0.1) is 30.9 Å². The van der Waals surface area contributed by atoms with Crippen molar-refractivity contribution >= 4 is 22.1 Å². The maximum atomic E-state index is 9.31. The number of nitrogens with zero attached hydrogens (tertiary/aromatic N) is 4. The molecule has 2 atom stereocenters. The highest BCUT2D eigenvalue weighted by molar-refractivity contribution is 6.07. The predicted molar refractivity (Wildman–Crippen MR) is 80.8 cm³/mol. The van der Waals surface area contributed by atoms with Gasteiger partial charge >= 0.3 is 0 Å². The zero-order valence-electron chi connectivity index (χ0n) is 12.6. The third-order valence-corrected chi connectivity index (χ3v) is 4.34. The van der Waals surface area contributed by atoms with Crippen molar-refractivity contribution in [2.75, 3.05) is 13.7 Å². The topological polar surface area (TPSA) is 74.3 Å². The Morgan fingerprint density at radius 2 is 2.27 bits per heavy atom. The Balaban J connectivity index is 2.00. The summed E-state index contributed by atoms with van der Waals surface area (Å²) in [4.78, 5) is 8.68. The van der Waals surface area contributed by atoms with Gasteiger partial charge < -0.3 is 19.1 Å². The molecule has 3 aromatic heterocycles. The molecule has 0 saturated carbocycles. The second-order valence-corrected chi connectivity index (χ2v) is 5.58. The molecule has 0 spiro atoms. The molecule has 0 aromatic carbocycles. The van der Waals surface area contributed by atoms with Crippen molar-refractivity contribution in [2.24, 2.45) is 7.05 Å². The van der Waals surface area contributed by atoms with Crippen LogP contribution in [0.2, 0.25) is 0 Å². The smallest absolute Gasteiger partial charge is 0.228 e. The zero-order chi connectivity index (χ0) is 15.3. The number of hydrogen-bond donors (Lipinski definition) is 1. The average Bonchev–Trinajstić information content (AvgIpc) is 3.22. The minimum Gasteiger partial charge on any atom is -0.480 e. The summed E-state index contributed by atoms with van der Waals surface area (Å²) in [5, 5.41) is 10.2. The van der Waals surface area contributed by atoms with E-state index in [0.29, 0.717) is 5.88 Å². The Morgan fingerprint density at radius 3 is 3.00 bits per heavy atom. The number of aryl methyl sites for hydroxylation is 1. The van der Waals surface area contributed by atoms with Gasteiger partial charge in [-0.1, -0.05) is 0 Å². The van der Waals surface area contributed by atoms with E-state index in [1.54, 1.807) is 7.11 Å². The maximum absolute atomic E-state index is 9.31. The molecule has 1 fully saturated rings. The van der Waals surface area contributed by atoms with Crippen molar-refractivity contribution < 1.29 is 14.6 Å². The summed E-state index contributed by atoms with van der Waals surface area (Å²) in [6, 6.07) is 2.05. The number of ether oxygens (including phenoxy) is 2. The fraction of sp³-hybridized carbons (Fsp3) is 0.467. The van der Waals surface area contributed by atoms with Crippen LogP contribution in [0.1, 0.15) is 19.1 Å². The van der Waals surface area contributed by atoms with Crippen molar-refractivity contribution in [1.82, 2.24) is 19.1 Å². The summed E-state index contributed by atoms with van der Waals surface area (Å²) in [7, 11) is 3.60. The maximum Gasteiger partial charge on any atom is 0.228 e. The van der Waals surface area contributed by atoms with Gasteiger partial charge in [0.1, 0.15) is 17.9 Å². The first kappa shape index (κ1) is 13.5. The number of aliphatic hydroxyl groups is 1. The van der Waals surface area contributed by atoms with Crippen LogP contribution in [0.25, 0.3) is 22.1 Å². The van der Waals surface area contributed by atoms with Gasteiger partial charge in [-0.2, -0.15) is 0 Å². The van der Waals surface area contributed by atoms with E-state index in [-0.39, 0.29) is 18.9 Å². The van der Waals surface area contributed by atoms with Gasteiger partial charge in [0.2, 0.25) is 5.88 Å². The fourth-order valence-corrected chi connectivity index (χ4v) is 3.34. The van der Waals surface area contributed by atoms with E-state index < -0.39 is 0 Å². The Labute approximate surface area is 127 Å². The molecule has 4 heterocycles. The largest absolute Gasteiger partial charge is 0.480 e. The zero-order valence-corrected chi connectivity index (χ0v) is 12.6. The monoisotopic (exact) mass is 302 g/mol. The molecular weight excluding hydrogens is 284 g/mol. The van der Waals surface area contributed by atoms with Gasteiger partial charge in [-0.05, 0) is 18.9 Å². The predicted octanol–water partition coefficient (Wildman–Crippen LogP) is 1.60. The molecule has 1 aliphatic heterocycles. The van der Waals surface area contributed by atoms with Crippen molar-refractivity contribution in [1.29, 1.82) is 0 Å². The molecule has 3 aromatic rings. The molecule has 22 heavy (non-hydrogen) atoms. The van der Waals surface area contributed by atoms with Crippen LogP contribution >= 0.6 is 0 Å². The molecular formula is C15H18N4O3. The second kappa shape index (κ2) is 4.96. The third-order valence-electron chi connectivity index (χ3n) is 4.34. The molecule has 2 unspecified atom stereocenters. The lowest BCUT2D eigenvalue weighted by Gasteiger charge is -2.15. The van der Waals surface area contributed by atoms with Crippen LogP contribution in [0.3, 0.4) is 0 Å². The first-order valence-corrected chi connectivity index (χ1v) is 7.34. The van der Waals surface area contributed by atoms with Crippen LogP contribution in [0, 0.1) is 0 Å². The highest BCUT2D eigenvalue weighted by Gasteiger charge is 2.30. The Kier molecular flexibility index (Phi) is 3.05. The Morgan fingerprint density at radius 1 is 1.41 bits per heavy atom. The van der Waals surface area contributed by atoms with Crippen molar-refractivity contribution in [3.8, 4) is 5.88 Å². The summed E-state index contributed by atoms with van der Waals surface area (Å²) in [6.07, 6.45) is 4.98. The molecule has 1 aliphatic rings. The molecule has 116 valence electrons. The number of aromatic nitrogens is 4. The van der Waals surface area contributed by atoms with Gasteiger partial charge in [-0.25, -0.2) is 9.97 Å². The first-order chi connectivity index (χ1) is 10.7. The minimum atomic E-state index is -0.126. The van der Waals surface area contributed by atoms with E-state index in [1.165, 1.54) is 6.33 Å². The van der Waals surface area contributed by atoms with E-state index >= 15 is 0 Å². The van der Waals surface area contributed by atoms with E-state index in [2.05, 4.69) is 14.5 Å². The molecule has 0 bridgehead atoms. The number of hydrogen-bond acceptors (Lipinski definition) is 5. The van der Waals surface area contributed by atoms with E-state index in [1.807, 2.05) is 23.9 Å². The van der Waals surface area contributed by atoms with Crippen molar-refractivity contribution in [3.63, 3.8) is 0 Å². The van der Waals surface area contributed by atoms with Gasteiger partial charge in [-0.3, -0.25) is 4.57 Å². The normalized spacial score (nSPS) is 22.0. The number of fused-ring (bicyclic) bond motifs is 3. The van der Waals surface area contributed by atoms with Crippen LogP contribution in [0.4, 0.5) is 0 Å². The molecule has 7 heteroatoms. The van der Waals surface area contributed by atoms with Gasteiger partial charge in [0.15, 0.2) is 5.65 Å². The van der Waals surface area contributed by atoms with Crippen LogP contribution in [0.5, 0.6) is 5.88 Å². The molecule has 4 rings (SSSR count). The number of aliphatic hydroxyl groups excluding tert-OH is 1. The van der Waals surface area contributed by atoms with Crippen molar-refractivity contribution in [2.45, 2.75) is 25.2 Å². The lowest BCUT2D eigenvalue weighted by Crippen LogP contribution is -2.14. The quantitative estimate of drug-likeness (QED) is 0.795. The fourth-order valence-electron chi connectivity index (χ4n) is 3.34. The van der Waals surface area contributed by atoms with E-state index in [0.717, 1.165) is 34.9 Å². The lowest BCUT2D eigenvalue weighted by atomic mass is 10.2. The van der Waals surface area contributed by atoms with Crippen LogP contribution < -0.4 is 4.74 Å². The van der Waals surface area contributed by atoms with E-state index in [4.69, 9.17) is 9.47 Å². The van der Waals surface area contributed by atoms with E-state index in [9.17, 15) is 5.11 Å². The molecule has 0 aliphatic carbocycles. The highest BCUT2D eigenvalue weighted by Crippen LogP contribution is 2.39. The summed E-state index contributed by atoms with van der Waals surface area (Å²) in [5.74, 6) is 0.562. The van der Waals surface area contributed by atoms with Crippen LogP contribution in [0.15, 0.2) is 18.6 Å². The Hall–Kier alpha value is -2.12. The number of rotatable bonds is 3. The summed E-state index contributed by atoms with van der Waals surface area (Å²) in [6.45, 7) is 0.0476. The molecule has 0 amide bonds. The summed E-state index contributed by atoms with van der Waals surface area (Å²) < 4.78 is 15.5. The van der Waals surface area contributed by atoms with Gasteiger partial charge in [0.25, 0.3) is 0 Å². The summed E-state index contributed by atoms with van der Waals surface area (Å²) in [5.41, 5.74) is 2.88. The van der Waals surface area contributed by atoms with Gasteiger partial charge in [-0.15, -0.1) is 0 Å². The SMILES string of the molecule is COc1ncnc2c1c1c(ccn1C)n2C1CCC(CO)O1. The van der Waals surface area contributed by atoms with Crippen molar-refractivity contribution in [3.05, 3.63) is 18.6 Å². The molecule has 0 radical (unpaired) electrons.